The number of amides is 5. The molecule has 3 fully saturated rings. The molecule has 1 aromatic rings. The number of allylic oxidation sites excluding steroid dienone is 1. The van der Waals surface area contributed by atoms with E-state index in [-0.39, 0.29) is 37.6 Å². The fourth-order valence-corrected chi connectivity index (χ4v) is 8.82. The molecule has 0 bridgehead atoms. The van der Waals surface area contributed by atoms with Crippen LogP contribution in [0.1, 0.15) is 96.1 Å². The zero-order valence-electron chi connectivity index (χ0n) is 29.6. The van der Waals surface area contributed by atoms with Crippen molar-refractivity contribution in [2.45, 2.75) is 127 Å². The lowest BCUT2D eigenvalue weighted by Gasteiger charge is -2.30. The summed E-state index contributed by atoms with van der Waals surface area (Å²) in [6.45, 7) is 6.11. The van der Waals surface area contributed by atoms with Crippen LogP contribution in [0.3, 0.4) is 0 Å². The van der Waals surface area contributed by atoms with E-state index in [2.05, 4.69) is 15.4 Å². The van der Waals surface area contributed by atoms with Gasteiger partial charge in [-0.15, -0.1) is 0 Å². The summed E-state index contributed by atoms with van der Waals surface area (Å²) in [6.07, 6.45) is 7.63. The minimum atomic E-state index is -3.88. The quantitative estimate of drug-likeness (QED) is 0.252. The zero-order chi connectivity index (χ0) is 36.7. The molecule has 5 aliphatic rings. The maximum absolute atomic E-state index is 14.4. The maximum atomic E-state index is 14.4. The molecule has 5 amide bonds. The van der Waals surface area contributed by atoms with E-state index in [1.165, 1.54) is 4.90 Å². The largest absolute Gasteiger partial charge is 0.444 e. The SMILES string of the molecule is CC(C)(C)OC(=O)N[C@H]1CCCCC/C=C\[C@@H]2C[C@@]2(C(=O)NS(=O)(=O)C2CC2)NC(=O)[C@@H]2C[C@@H](CC(=O)N3Cc4ccc(N)cc4C3)CN2C1=O. The first kappa shape index (κ1) is 36.6. The number of nitrogens with zero attached hydrogens (tertiary/aromatic N) is 2. The van der Waals surface area contributed by atoms with Crippen molar-refractivity contribution in [3.05, 3.63) is 41.5 Å². The van der Waals surface area contributed by atoms with Crippen LogP contribution in [0.25, 0.3) is 0 Å². The molecule has 6 rings (SSSR count). The van der Waals surface area contributed by atoms with E-state index < -0.39 is 68.2 Å². The Morgan fingerprint density at radius 3 is 2.53 bits per heavy atom. The fourth-order valence-electron chi connectivity index (χ4n) is 7.45. The molecule has 5 atom stereocenters. The minimum Gasteiger partial charge on any atom is -0.444 e. The number of hydrogen-bond donors (Lipinski definition) is 4. The summed E-state index contributed by atoms with van der Waals surface area (Å²) in [5.74, 6) is -2.80. The Hall–Kier alpha value is -4.14. The van der Waals surface area contributed by atoms with E-state index in [1.807, 2.05) is 24.3 Å². The van der Waals surface area contributed by atoms with Gasteiger partial charge in [0, 0.05) is 37.7 Å². The molecule has 2 saturated carbocycles. The summed E-state index contributed by atoms with van der Waals surface area (Å²) in [6, 6.07) is 3.52. The van der Waals surface area contributed by atoms with E-state index in [1.54, 1.807) is 31.7 Å². The van der Waals surface area contributed by atoms with Crippen LogP contribution in [-0.2, 0) is 47.0 Å². The van der Waals surface area contributed by atoms with Gasteiger partial charge in [-0.05, 0) is 94.9 Å². The second-order valence-electron chi connectivity index (χ2n) is 15.8. The van der Waals surface area contributed by atoms with Crippen molar-refractivity contribution < 1.29 is 37.1 Å². The predicted octanol–water partition coefficient (Wildman–Crippen LogP) is 2.62. The molecular formula is C36H50N6O8S. The first-order valence-electron chi connectivity index (χ1n) is 18.0. The molecule has 0 spiro atoms. The van der Waals surface area contributed by atoms with Crippen LogP contribution in [0, 0.1) is 11.8 Å². The molecule has 0 unspecified atom stereocenters. The van der Waals surface area contributed by atoms with E-state index in [0.717, 1.165) is 24.0 Å². The summed E-state index contributed by atoms with van der Waals surface area (Å²) in [7, 11) is -3.88. The van der Waals surface area contributed by atoms with Crippen molar-refractivity contribution in [1.29, 1.82) is 0 Å². The Morgan fingerprint density at radius 2 is 1.80 bits per heavy atom. The molecular weight excluding hydrogens is 676 g/mol. The van der Waals surface area contributed by atoms with Crippen molar-refractivity contribution in [3.63, 3.8) is 0 Å². The third-order valence-electron chi connectivity index (χ3n) is 10.4. The van der Waals surface area contributed by atoms with Gasteiger partial charge in [0.25, 0.3) is 5.91 Å². The van der Waals surface area contributed by atoms with E-state index >= 15 is 0 Å². The number of hydrogen-bond acceptors (Lipinski definition) is 9. The number of benzene rings is 1. The molecule has 0 radical (unpaired) electrons. The van der Waals surface area contributed by atoms with Crippen molar-refractivity contribution in [1.82, 2.24) is 25.2 Å². The molecule has 0 aromatic heterocycles. The van der Waals surface area contributed by atoms with Crippen LogP contribution < -0.4 is 21.1 Å². The zero-order valence-corrected chi connectivity index (χ0v) is 30.4. The number of carbonyl (C=O) groups is 5. The van der Waals surface area contributed by atoms with Crippen molar-refractivity contribution in [3.8, 4) is 0 Å². The Kier molecular flexibility index (Phi) is 10.1. The third-order valence-corrected chi connectivity index (χ3v) is 12.2. The number of nitrogen functional groups attached to an aromatic ring is 1. The number of ether oxygens (including phenoxy) is 1. The van der Waals surface area contributed by atoms with E-state index in [9.17, 15) is 32.4 Å². The number of fused-ring (bicyclic) bond motifs is 3. The van der Waals surface area contributed by atoms with Crippen LogP contribution >= 0.6 is 0 Å². The van der Waals surface area contributed by atoms with Gasteiger partial charge in [-0.25, -0.2) is 13.2 Å². The molecule has 278 valence electrons. The second kappa shape index (κ2) is 14.1. The molecule has 2 aliphatic carbocycles. The average Bonchev–Trinajstić information content (AvgIpc) is 3.93. The number of sulfonamides is 1. The summed E-state index contributed by atoms with van der Waals surface area (Å²) >= 11 is 0. The number of carbonyl (C=O) groups excluding carboxylic acids is 5. The molecule has 15 heteroatoms. The van der Waals surface area contributed by atoms with Gasteiger partial charge >= 0.3 is 6.09 Å². The smallest absolute Gasteiger partial charge is 0.408 e. The molecule has 3 heterocycles. The van der Waals surface area contributed by atoms with Crippen molar-refractivity contribution in [2.75, 3.05) is 12.3 Å². The fraction of sp³-hybridized carbons (Fsp3) is 0.639. The molecule has 3 aliphatic heterocycles. The van der Waals surface area contributed by atoms with Gasteiger partial charge in [0.2, 0.25) is 27.7 Å². The molecule has 51 heavy (non-hydrogen) atoms. The second-order valence-corrected chi connectivity index (χ2v) is 17.8. The standard InChI is InChI=1S/C36H50N6O8S/c1-35(2,3)50-34(47)38-28-10-8-6-4-5-7-9-25-18-36(25,33(46)40-51(48,49)27-13-14-27)39-31(44)29-15-22(19-42(29)32(28)45)16-30(43)41-20-23-11-12-26(37)17-24(23)21-41/h7,9,11-12,17,22,25,27-29H,4-6,8,10,13-16,18-21,37H2,1-3H3,(H,38,47)(H,39,44)(H,40,46)/b9-7-/t22-,25+,28-,29-,36+/m0/s1. The third kappa shape index (κ3) is 8.50. The van der Waals surface area contributed by atoms with E-state index in [4.69, 9.17) is 10.5 Å². The predicted molar refractivity (Wildman–Crippen MR) is 188 cm³/mol. The lowest BCUT2D eigenvalue weighted by Crippen LogP contribution is -2.58. The van der Waals surface area contributed by atoms with Gasteiger partial charge in [0.15, 0.2) is 0 Å². The van der Waals surface area contributed by atoms with Crippen molar-refractivity contribution in [2.24, 2.45) is 11.8 Å². The minimum absolute atomic E-state index is 0.0812. The highest BCUT2D eigenvalue weighted by Crippen LogP contribution is 2.46. The van der Waals surface area contributed by atoms with Gasteiger partial charge in [-0.3, -0.25) is 23.9 Å². The number of rotatable bonds is 6. The van der Waals surface area contributed by atoms with Crippen LogP contribution in [0.5, 0.6) is 0 Å². The van der Waals surface area contributed by atoms with Crippen molar-refractivity contribution >= 4 is 45.4 Å². The summed E-state index contributed by atoms with van der Waals surface area (Å²) in [5.41, 5.74) is 6.28. The van der Waals surface area contributed by atoms with Gasteiger partial charge in [0.1, 0.15) is 23.2 Å². The van der Waals surface area contributed by atoms with Crippen LogP contribution in [-0.4, -0.2) is 83.0 Å². The Labute approximate surface area is 299 Å². The summed E-state index contributed by atoms with van der Waals surface area (Å²) in [5, 5.41) is 4.97. The monoisotopic (exact) mass is 726 g/mol. The Morgan fingerprint density at radius 1 is 1.06 bits per heavy atom. The maximum Gasteiger partial charge on any atom is 0.408 e. The van der Waals surface area contributed by atoms with E-state index in [0.29, 0.717) is 50.9 Å². The Balaban J connectivity index is 1.25. The van der Waals surface area contributed by atoms with Gasteiger partial charge in [0.05, 0.1) is 5.25 Å². The van der Waals surface area contributed by atoms with Gasteiger partial charge in [-0.2, -0.15) is 0 Å². The first-order valence-corrected chi connectivity index (χ1v) is 19.6. The van der Waals surface area contributed by atoms with Crippen LogP contribution in [0.4, 0.5) is 10.5 Å². The van der Waals surface area contributed by atoms with Gasteiger partial charge in [-0.1, -0.05) is 31.1 Å². The topological polar surface area (TPSA) is 197 Å². The molecule has 5 N–H and O–H groups in total. The highest BCUT2D eigenvalue weighted by atomic mass is 32.2. The normalized spacial score (nSPS) is 29.0. The lowest BCUT2D eigenvalue weighted by atomic mass is 10.00. The number of anilines is 1. The number of nitrogens with two attached hydrogens (primary N) is 1. The highest BCUT2D eigenvalue weighted by Gasteiger charge is 2.62. The highest BCUT2D eigenvalue weighted by molar-refractivity contribution is 7.91. The lowest BCUT2D eigenvalue weighted by molar-refractivity contribution is -0.141. The summed E-state index contributed by atoms with van der Waals surface area (Å²) in [4.78, 5) is 71.9. The summed E-state index contributed by atoms with van der Waals surface area (Å²) < 4.78 is 33.2. The van der Waals surface area contributed by atoms with Gasteiger partial charge < -0.3 is 30.9 Å². The number of alkyl carbamates (subject to hydrolysis) is 1. The first-order chi connectivity index (χ1) is 24.0. The molecule has 1 aromatic carbocycles. The van der Waals surface area contributed by atoms with Crippen LogP contribution in [0.2, 0.25) is 0 Å². The van der Waals surface area contributed by atoms with Crippen LogP contribution in [0.15, 0.2) is 30.4 Å². The number of nitrogens with one attached hydrogen (secondary N) is 3. The Bertz CT molecular complexity index is 1720. The average molecular weight is 727 g/mol. The molecule has 1 saturated heterocycles. The molecule has 14 nitrogen and oxygen atoms in total.